The number of ether oxygens (including phenoxy) is 2. The lowest BCUT2D eigenvalue weighted by Gasteiger charge is -2.17. The molecule has 2 aromatic carbocycles. The molecule has 1 aliphatic heterocycles. The zero-order chi connectivity index (χ0) is 26.5. The summed E-state index contributed by atoms with van der Waals surface area (Å²) in [7, 11) is 3.10. The van der Waals surface area contributed by atoms with E-state index in [9.17, 15) is 20.0 Å². The van der Waals surface area contributed by atoms with Gasteiger partial charge in [-0.25, -0.2) is 4.79 Å². The first kappa shape index (κ1) is 26.0. The quantitative estimate of drug-likeness (QED) is 0.172. The van der Waals surface area contributed by atoms with Crippen molar-refractivity contribution in [2.75, 3.05) is 32.2 Å². The maximum atomic E-state index is 12.1. The van der Waals surface area contributed by atoms with Crippen LogP contribution in [0.5, 0.6) is 11.5 Å². The molecular formula is C25H27N5O6S. The molecule has 12 heteroatoms. The maximum Gasteiger partial charge on any atom is 0.342 e. The zero-order valence-corrected chi connectivity index (χ0v) is 21.5. The lowest BCUT2D eigenvalue weighted by molar-refractivity contribution is -0.384. The van der Waals surface area contributed by atoms with Gasteiger partial charge in [-0.2, -0.15) is 0 Å². The third-order valence-electron chi connectivity index (χ3n) is 6.00. The predicted octanol–water partition coefficient (Wildman–Crippen LogP) is 4.71. The smallest absolute Gasteiger partial charge is 0.342 e. The third kappa shape index (κ3) is 5.69. The van der Waals surface area contributed by atoms with Crippen LogP contribution in [0.1, 0.15) is 25.3 Å². The summed E-state index contributed by atoms with van der Waals surface area (Å²) in [6, 6.07) is 10.1. The van der Waals surface area contributed by atoms with Gasteiger partial charge in [0.05, 0.1) is 19.1 Å². The molecule has 37 heavy (non-hydrogen) atoms. The van der Waals surface area contributed by atoms with Gasteiger partial charge in [-0.05, 0) is 61.4 Å². The fraction of sp³-hybridized carbons (Fsp3) is 0.320. The first-order valence-electron chi connectivity index (χ1n) is 11.7. The van der Waals surface area contributed by atoms with Gasteiger partial charge in [-0.1, -0.05) is 6.07 Å². The molecular weight excluding hydrogens is 498 g/mol. The van der Waals surface area contributed by atoms with Crippen LogP contribution >= 0.6 is 11.8 Å². The fourth-order valence-corrected chi connectivity index (χ4v) is 5.07. The number of carboxylic acids is 1. The Bertz CT molecular complexity index is 1330. The van der Waals surface area contributed by atoms with E-state index in [0.29, 0.717) is 45.8 Å². The van der Waals surface area contributed by atoms with E-state index in [4.69, 9.17) is 9.47 Å². The summed E-state index contributed by atoms with van der Waals surface area (Å²) in [6.07, 6.45) is 3.39. The summed E-state index contributed by atoms with van der Waals surface area (Å²) in [5.74, 6) is 0.516. The van der Waals surface area contributed by atoms with Crippen LogP contribution in [-0.2, 0) is 11.3 Å². The van der Waals surface area contributed by atoms with Gasteiger partial charge in [-0.3, -0.25) is 10.1 Å². The number of rotatable bonds is 10. The van der Waals surface area contributed by atoms with Crippen molar-refractivity contribution in [3.05, 3.63) is 57.0 Å². The van der Waals surface area contributed by atoms with E-state index in [1.54, 1.807) is 49.1 Å². The minimum atomic E-state index is -1.17. The van der Waals surface area contributed by atoms with E-state index in [1.807, 2.05) is 11.8 Å². The number of aliphatic carboxylic acids is 1. The van der Waals surface area contributed by atoms with Gasteiger partial charge in [-0.15, -0.1) is 10.2 Å². The molecule has 1 aromatic heterocycles. The molecule has 0 bridgehead atoms. The number of methoxy groups -OCH3 is 2. The highest BCUT2D eigenvalue weighted by Crippen LogP contribution is 2.35. The average molecular weight is 526 g/mol. The first-order chi connectivity index (χ1) is 17.8. The van der Waals surface area contributed by atoms with Crippen LogP contribution in [0.15, 0.2) is 46.5 Å². The lowest BCUT2D eigenvalue weighted by Crippen LogP contribution is -2.18. The highest BCUT2D eigenvalue weighted by Gasteiger charge is 2.23. The van der Waals surface area contributed by atoms with Crippen LogP contribution in [0.4, 0.5) is 11.4 Å². The van der Waals surface area contributed by atoms with Crippen LogP contribution in [-0.4, -0.2) is 58.1 Å². The molecule has 194 valence electrons. The molecule has 1 N–H and O–H groups in total. The fourth-order valence-electron chi connectivity index (χ4n) is 4.19. The summed E-state index contributed by atoms with van der Waals surface area (Å²) >= 11 is 0.930. The van der Waals surface area contributed by atoms with Crippen molar-refractivity contribution in [1.82, 2.24) is 14.8 Å². The Labute approximate surface area is 217 Å². The number of thioether (sulfide) groups is 1. The largest absolute Gasteiger partial charge is 0.497 e. The molecule has 0 atom stereocenters. The molecule has 0 spiro atoms. The lowest BCUT2D eigenvalue weighted by atomic mass is 10.1. The molecule has 1 aliphatic rings. The molecule has 4 rings (SSSR count). The molecule has 1 saturated heterocycles. The zero-order valence-electron chi connectivity index (χ0n) is 20.7. The Kier molecular flexibility index (Phi) is 7.97. The second kappa shape index (κ2) is 11.3. The second-order valence-electron chi connectivity index (χ2n) is 8.27. The van der Waals surface area contributed by atoms with Crippen LogP contribution in [0, 0.1) is 10.1 Å². The van der Waals surface area contributed by atoms with Gasteiger partial charge < -0.3 is 24.0 Å². The van der Waals surface area contributed by atoms with Crippen molar-refractivity contribution in [2.45, 2.75) is 31.5 Å². The number of nitrogens with zero attached hydrogens (tertiary/aromatic N) is 5. The number of anilines is 1. The Balaban J connectivity index is 1.68. The maximum absolute atomic E-state index is 12.1. The number of carboxylic acid groups (broad SMARTS) is 1. The van der Waals surface area contributed by atoms with Gasteiger partial charge in [0, 0.05) is 37.3 Å². The predicted molar refractivity (Wildman–Crippen MR) is 140 cm³/mol. The number of aromatic nitrogens is 3. The number of benzene rings is 2. The van der Waals surface area contributed by atoms with Crippen LogP contribution in [0.2, 0.25) is 0 Å². The Morgan fingerprint density at radius 1 is 1.14 bits per heavy atom. The van der Waals surface area contributed by atoms with Crippen molar-refractivity contribution in [3.63, 3.8) is 0 Å². The highest BCUT2D eigenvalue weighted by molar-refractivity contribution is 8.04. The van der Waals surface area contributed by atoms with Crippen molar-refractivity contribution in [3.8, 4) is 22.9 Å². The van der Waals surface area contributed by atoms with Crippen LogP contribution < -0.4 is 14.4 Å². The van der Waals surface area contributed by atoms with E-state index < -0.39 is 10.9 Å². The summed E-state index contributed by atoms with van der Waals surface area (Å²) < 4.78 is 12.5. The molecule has 0 unspecified atom stereocenters. The van der Waals surface area contributed by atoms with E-state index in [2.05, 4.69) is 10.2 Å². The second-order valence-corrected chi connectivity index (χ2v) is 9.28. The molecule has 0 saturated carbocycles. The monoisotopic (exact) mass is 525 g/mol. The molecule has 2 heterocycles. The summed E-state index contributed by atoms with van der Waals surface area (Å²) in [5, 5.41) is 30.5. The van der Waals surface area contributed by atoms with Gasteiger partial charge in [0.15, 0.2) is 11.0 Å². The van der Waals surface area contributed by atoms with Crippen molar-refractivity contribution in [1.29, 1.82) is 0 Å². The number of hydrogen-bond acceptors (Lipinski definition) is 9. The van der Waals surface area contributed by atoms with Crippen molar-refractivity contribution in [2.24, 2.45) is 0 Å². The van der Waals surface area contributed by atoms with Gasteiger partial charge >= 0.3 is 5.97 Å². The van der Waals surface area contributed by atoms with Gasteiger partial charge in [0.2, 0.25) is 0 Å². The molecule has 1 fully saturated rings. The third-order valence-corrected chi connectivity index (χ3v) is 6.99. The van der Waals surface area contributed by atoms with E-state index in [0.717, 1.165) is 37.7 Å². The summed E-state index contributed by atoms with van der Waals surface area (Å²) in [6.45, 7) is 3.91. The minimum absolute atomic E-state index is 0.0416. The molecule has 0 amide bonds. The number of carbonyl (C=O) groups is 1. The SMILES string of the molecule is CCn1c(S/C(=C/c2ccc(N3CCCC3)c([N+](=O)[O-])c2)C(=O)O)nnc1-c1cc(OC)cc(OC)c1. The van der Waals surface area contributed by atoms with Gasteiger partial charge in [0.1, 0.15) is 22.1 Å². The topological polar surface area (TPSA) is 133 Å². The molecule has 11 nitrogen and oxygen atoms in total. The highest BCUT2D eigenvalue weighted by atomic mass is 32.2. The normalized spacial score (nSPS) is 13.6. The van der Waals surface area contributed by atoms with Gasteiger partial charge in [0.25, 0.3) is 5.69 Å². The number of nitro benzene ring substituents is 1. The van der Waals surface area contributed by atoms with Crippen molar-refractivity contribution >= 4 is 35.2 Å². The summed E-state index contributed by atoms with van der Waals surface area (Å²) in [5.41, 5.74) is 1.62. The molecule has 0 aliphatic carbocycles. The number of hydrogen-bond donors (Lipinski definition) is 1. The summed E-state index contributed by atoms with van der Waals surface area (Å²) in [4.78, 5) is 25.4. The van der Waals surface area contributed by atoms with E-state index in [-0.39, 0.29) is 10.6 Å². The van der Waals surface area contributed by atoms with Crippen LogP contribution in [0.25, 0.3) is 17.5 Å². The van der Waals surface area contributed by atoms with E-state index >= 15 is 0 Å². The van der Waals surface area contributed by atoms with E-state index in [1.165, 1.54) is 12.1 Å². The first-order valence-corrected chi connectivity index (χ1v) is 12.5. The van der Waals surface area contributed by atoms with Crippen LogP contribution in [0.3, 0.4) is 0 Å². The Hall–Kier alpha value is -4.06. The molecule has 3 aromatic rings. The minimum Gasteiger partial charge on any atom is -0.497 e. The average Bonchev–Trinajstić information content (AvgIpc) is 3.58. The molecule has 0 radical (unpaired) electrons. The van der Waals surface area contributed by atoms with Crippen molar-refractivity contribution < 1.29 is 24.3 Å². The Morgan fingerprint density at radius 3 is 2.38 bits per heavy atom. The standard InChI is InChI=1S/C25H27N5O6S/c1-4-29-23(17-13-18(35-2)15-19(14-17)36-3)26-27-25(29)37-22(24(31)32)12-16-7-8-20(21(11-16)30(33)34)28-9-5-6-10-28/h7-8,11-15H,4-6,9-10H2,1-3H3,(H,31,32)/b22-12+. The number of nitro groups is 1. The Morgan fingerprint density at radius 2 is 1.81 bits per heavy atom.